The van der Waals surface area contributed by atoms with E-state index in [1.165, 1.54) is 0 Å². The molecule has 0 aromatic heterocycles. The second-order valence-corrected chi connectivity index (χ2v) is 7.91. The maximum absolute atomic E-state index is 12.3. The molecule has 0 spiro atoms. The lowest BCUT2D eigenvalue weighted by molar-refractivity contribution is 0.548. The molecule has 0 fully saturated rings. The van der Waals surface area contributed by atoms with Crippen molar-refractivity contribution in [2.24, 2.45) is 0 Å². The summed E-state index contributed by atoms with van der Waals surface area (Å²) in [5.41, 5.74) is 0.720. The molecule has 1 aliphatic heterocycles. The Morgan fingerprint density at radius 2 is 2.06 bits per heavy atom. The van der Waals surface area contributed by atoms with Crippen molar-refractivity contribution in [3.63, 3.8) is 0 Å². The Hall–Kier alpha value is -0.680. The first kappa shape index (κ1) is 11.8. The largest absolute Gasteiger partial charge is 0.382 e. The Morgan fingerprint density at radius 1 is 1.38 bits per heavy atom. The number of fused-ring (bicyclic) bond motifs is 1. The van der Waals surface area contributed by atoms with Crippen molar-refractivity contribution in [1.29, 1.82) is 0 Å². The van der Waals surface area contributed by atoms with E-state index >= 15 is 0 Å². The summed E-state index contributed by atoms with van der Waals surface area (Å²) in [4.78, 5) is 1.40. The van der Waals surface area contributed by atoms with Crippen molar-refractivity contribution in [2.45, 2.75) is 28.4 Å². The first-order valence-corrected chi connectivity index (χ1v) is 7.76. The van der Waals surface area contributed by atoms with Crippen LogP contribution in [0.4, 0.5) is 5.69 Å². The van der Waals surface area contributed by atoms with Gasteiger partial charge in [0.05, 0.1) is 15.3 Å². The molecular weight excluding hydrogens is 242 g/mol. The third-order valence-electron chi connectivity index (χ3n) is 2.91. The topological polar surface area (TPSA) is 46.2 Å². The fourth-order valence-corrected chi connectivity index (χ4v) is 3.78. The normalized spacial score (nSPS) is 20.9. The molecule has 1 aromatic rings. The second kappa shape index (κ2) is 3.67. The monoisotopic (exact) mass is 257 g/mol. The summed E-state index contributed by atoms with van der Waals surface area (Å²) in [6, 6.07) is 5.53. The molecule has 1 heterocycles. The van der Waals surface area contributed by atoms with E-state index < -0.39 is 14.6 Å². The Morgan fingerprint density at radius 3 is 2.69 bits per heavy atom. The molecule has 0 saturated carbocycles. The number of rotatable bonds is 1. The molecule has 0 atom stereocenters. The molecule has 0 aliphatic carbocycles. The van der Waals surface area contributed by atoms with E-state index in [2.05, 4.69) is 5.32 Å². The number of hydrogen-bond acceptors (Lipinski definition) is 4. The summed E-state index contributed by atoms with van der Waals surface area (Å²) >= 11 is 1.55. The van der Waals surface area contributed by atoms with E-state index in [1.807, 2.05) is 18.4 Å². The Balaban J connectivity index is 2.66. The lowest BCUT2D eigenvalue weighted by Gasteiger charge is -2.32. The number of hydrogen-bond donors (Lipinski definition) is 1. The van der Waals surface area contributed by atoms with Crippen LogP contribution in [-0.4, -0.2) is 26.0 Å². The minimum atomic E-state index is -3.23. The highest BCUT2D eigenvalue weighted by molar-refractivity contribution is 7.98. The van der Waals surface area contributed by atoms with Gasteiger partial charge >= 0.3 is 0 Å². The molecule has 1 aromatic carbocycles. The standard InChI is InChI=1S/C11H15NO2S2/c1-11(2)7-12-9-5-4-8(15-3)6-10(9)16(11,13)14/h4-6,12H,7H2,1-3H3. The molecule has 5 heteroatoms. The molecule has 1 aliphatic rings. The van der Waals surface area contributed by atoms with Gasteiger partial charge in [-0.25, -0.2) is 8.42 Å². The van der Waals surface area contributed by atoms with E-state index in [1.54, 1.807) is 31.7 Å². The lowest BCUT2D eigenvalue weighted by Crippen LogP contribution is -2.42. The summed E-state index contributed by atoms with van der Waals surface area (Å²) in [6.45, 7) is 3.97. The summed E-state index contributed by atoms with van der Waals surface area (Å²) in [7, 11) is -3.23. The van der Waals surface area contributed by atoms with Gasteiger partial charge in [0.15, 0.2) is 9.84 Å². The Kier molecular flexibility index (Phi) is 2.70. The number of benzene rings is 1. The van der Waals surface area contributed by atoms with Crippen LogP contribution in [0.15, 0.2) is 28.0 Å². The zero-order valence-electron chi connectivity index (χ0n) is 9.57. The van der Waals surface area contributed by atoms with Gasteiger partial charge in [-0.3, -0.25) is 0 Å². The van der Waals surface area contributed by atoms with Gasteiger partial charge in [-0.05, 0) is 38.3 Å². The third-order valence-corrected chi connectivity index (χ3v) is 6.15. The fraction of sp³-hybridized carbons (Fsp3) is 0.455. The molecule has 0 unspecified atom stereocenters. The minimum absolute atomic E-state index is 0.426. The van der Waals surface area contributed by atoms with E-state index in [0.29, 0.717) is 11.4 Å². The highest BCUT2D eigenvalue weighted by Crippen LogP contribution is 2.37. The lowest BCUT2D eigenvalue weighted by atomic mass is 10.2. The number of sulfone groups is 1. The van der Waals surface area contributed by atoms with Crippen LogP contribution in [0.2, 0.25) is 0 Å². The number of nitrogens with one attached hydrogen (secondary N) is 1. The highest BCUT2D eigenvalue weighted by Gasteiger charge is 2.40. The Labute approximate surface area is 101 Å². The minimum Gasteiger partial charge on any atom is -0.382 e. The van der Waals surface area contributed by atoms with Crippen LogP contribution in [0.25, 0.3) is 0 Å². The first-order valence-electron chi connectivity index (χ1n) is 5.05. The molecule has 0 radical (unpaired) electrons. The van der Waals surface area contributed by atoms with E-state index in [4.69, 9.17) is 0 Å². The molecule has 0 saturated heterocycles. The average molecular weight is 257 g/mol. The molecule has 88 valence electrons. The predicted molar refractivity (Wildman–Crippen MR) is 68.0 cm³/mol. The molecule has 16 heavy (non-hydrogen) atoms. The van der Waals surface area contributed by atoms with Crippen LogP contribution in [0, 0.1) is 0 Å². The van der Waals surface area contributed by atoms with Gasteiger partial charge < -0.3 is 5.32 Å². The van der Waals surface area contributed by atoms with Crippen LogP contribution in [-0.2, 0) is 9.84 Å². The van der Waals surface area contributed by atoms with Crippen LogP contribution in [0.3, 0.4) is 0 Å². The van der Waals surface area contributed by atoms with E-state index in [9.17, 15) is 8.42 Å². The zero-order valence-corrected chi connectivity index (χ0v) is 11.2. The highest BCUT2D eigenvalue weighted by atomic mass is 32.2. The van der Waals surface area contributed by atoms with E-state index in [0.717, 1.165) is 10.6 Å². The zero-order chi connectivity index (χ0) is 12.0. The molecule has 3 nitrogen and oxygen atoms in total. The van der Waals surface area contributed by atoms with Gasteiger partial charge in [0.25, 0.3) is 0 Å². The van der Waals surface area contributed by atoms with Gasteiger partial charge in [0.1, 0.15) is 0 Å². The molecule has 2 rings (SSSR count). The van der Waals surface area contributed by atoms with Gasteiger partial charge in [-0.2, -0.15) is 0 Å². The summed E-state index contributed by atoms with van der Waals surface area (Å²) in [5, 5.41) is 3.17. The number of anilines is 1. The maximum atomic E-state index is 12.3. The van der Waals surface area contributed by atoms with Crippen LogP contribution >= 0.6 is 11.8 Å². The quantitative estimate of drug-likeness (QED) is 0.785. The van der Waals surface area contributed by atoms with Gasteiger partial charge in [0, 0.05) is 11.4 Å². The first-order chi connectivity index (χ1) is 7.38. The van der Waals surface area contributed by atoms with E-state index in [-0.39, 0.29) is 0 Å². The molecule has 0 amide bonds. The van der Waals surface area contributed by atoms with Crippen molar-refractivity contribution in [1.82, 2.24) is 0 Å². The predicted octanol–water partition coefficient (Wildman–Crippen LogP) is 2.39. The molecule has 1 N–H and O–H groups in total. The van der Waals surface area contributed by atoms with Crippen molar-refractivity contribution < 1.29 is 8.42 Å². The second-order valence-electron chi connectivity index (χ2n) is 4.48. The summed E-state index contributed by atoms with van der Waals surface area (Å²) in [5.74, 6) is 0. The fourth-order valence-electron chi connectivity index (χ4n) is 1.70. The van der Waals surface area contributed by atoms with Crippen molar-refractivity contribution in [2.75, 3.05) is 18.1 Å². The van der Waals surface area contributed by atoms with Crippen LogP contribution in [0.1, 0.15) is 13.8 Å². The van der Waals surface area contributed by atoms with Crippen molar-refractivity contribution >= 4 is 27.3 Å². The smallest absolute Gasteiger partial charge is 0.187 e. The maximum Gasteiger partial charge on any atom is 0.187 e. The molecular formula is C11H15NO2S2. The molecule has 0 bridgehead atoms. The summed E-state index contributed by atoms with van der Waals surface area (Å²) in [6.07, 6.45) is 1.94. The number of thioether (sulfide) groups is 1. The van der Waals surface area contributed by atoms with Gasteiger partial charge in [-0.15, -0.1) is 11.8 Å². The van der Waals surface area contributed by atoms with Crippen LogP contribution < -0.4 is 5.32 Å². The third kappa shape index (κ3) is 1.62. The average Bonchev–Trinajstić information content (AvgIpc) is 2.24. The van der Waals surface area contributed by atoms with Crippen LogP contribution in [0.5, 0.6) is 0 Å². The van der Waals surface area contributed by atoms with Crippen molar-refractivity contribution in [3.05, 3.63) is 18.2 Å². The summed E-state index contributed by atoms with van der Waals surface area (Å²) < 4.78 is 24.0. The SMILES string of the molecule is CSc1ccc2c(c1)S(=O)(=O)C(C)(C)CN2. The van der Waals surface area contributed by atoms with Gasteiger partial charge in [0.2, 0.25) is 0 Å². The van der Waals surface area contributed by atoms with Crippen molar-refractivity contribution in [3.8, 4) is 0 Å². The Bertz CT molecular complexity index is 521. The van der Waals surface area contributed by atoms with Gasteiger partial charge in [-0.1, -0.05) is 0 Å².